The lowest BCUT2D eigenvalue weighted by molar-refractivity contribution is -0.140. The predicted molar refractivity (Wildman–Crippen MR) is 80.9 cm³/mol. The van der Waals surface area contributed by atoms with Crippen LogP contribution in [0.2, 0.25) is 0 Å². The van der Waals surface area contributed by atoms with Gasteiger partial charge in [-0.2, -0.15) is 0 Å². The topological polar surface area (TPSA) is 81.7 Å². The Kier molecular flexibility index (Phi) is 7.01. The van der Waals surface area contributed by atoms with E-state index in [0.29, 0.717) is 18.0 Å². The number of esters is 1. The number of para-hydroxylation sites is 2. The molecule has 0 aliphatic heterocycles. The van der Waals surface area contributed by atoms with Crippen LogP contribution >= 0.6 is 0 Å². The van der Waals surface area contributed by atoms with Crippen LogP contribution in [-0.2, 0) is 19.6 Å². The summed E-state index contributed by atoms with van der Waals surface area (Å²) in [4.78, 5) is 11.0. The Balaban J connectivity index is 2.64. The van der Waals surface area contributed by atoms with Gasteiger partial charge >= 0.3 is 5.97 Å². The standard InChI is InChI=1S/C14H21NO5S/c1-3-10-20-13-8-5-4-7-12(13)15-21(17,18)11-6-9-14(16)19-2/h4-5,7-8,15H,3,6,9-11H2,1-2H3. The first-order valence-corrected chi connectivity index (χ1v) is 8.43. The van der Waals surface area contributed by atoms with Crippen molar-refractivity contribution < 1.29 is 22.7 Å². The molecule has 0 aliphatic rings. The van der Waals surface area contributed by atoms with Gasteiger partial charge in [-0.1, -0.05) is 19.1 Å². The van der Waals surface area contributed by atoms with Crippen LogP contribution in [-0.4, -0.2) is 33.9 Å². The van der Waals surface area contributed by atoms with E-state index in [1.165, 1.54) is 7.11 Å². The first-order valence-electron chi connectivity index (χ1n) is 6.77. The van der Waals surface area contributed by atoms with Crippen LogP contribution in [0.5, 0.6) is 5.75 Å². The van der Waals surface area contributed by atoms with Crippen molar-refractivity contribution in [1.29, 1.82) is 0 Å². The minimum absolute atomic E-state index is 0.0748. The summed E-state index contributed by atoms with van der Waals surface area (Å²) in [5, 5.41) is 0. The van der Waals surface area contributed by atoms with E-state index in [0.717, 1.165) is 6.42 Å². The first kappa shape index (κ1) is 17.3. The number of carbonyl (C=O) groups is 1. The van der Waals surface area contributed by atoms with E-state index in [2.05, 4.69) is 9.46 Å². The maximum atomic E-state index is 12.0. The van der Waals surface area contributed by atoms with Crippen LogP contribution in [0.4, 0.5) is 5.69 Å². The Bertz CT molecular complexity index is 556. The summed E-state index contributed by atoms with van der Waals surface area (Å²) in [6, 6.07) is 6.86. The minimum Gasteiger partial charge on any atom is -0.491 e. The number of anilines is 1. The van der Waals surface area contributed by atoms with Gasteiger partial charge in [-0.25, -0.2) is 8.42 Å². The molecule has 0 spiro atoms. The van der Waals surface area contributed by atoms with Crippen molar-refractivity contribution in [3.8, 4) is 5.75 Å². The summed E-state index contributed by atoms with van der Waals surface area (Å²) in [5.74, 6) is -0.0720. The second-order valence-corrected chi connectivity index (χ2v) is 6.29. The number of hydrogen-bond acceptors (Lipinski definition) is 5. The molecule has 0 heterocycles. The van der Waals surface area contributed by atoms with Crippen molar-refractivity contribution in [3.05, 3.63) is 24.3 Å². The number of benzene rings is 1. The van der Waals surface area contributed by atoms with E-state index in [4.69, 9.17) is 4.74 Å². The number of hydrogen-bond donors (Lipinski definition) is 1. The lowest BCUT2D eigenvalue weighted by Gasteiger charge is -2.13. The third-order valence-corrected chi connectivity index (χ3v) is 3.99. The summed E-state index contributed by atoms with van der Waals surface area (Å²) < 4.78 is 36.4. The third kappa shape index (κ3) is 6.48. The Hall–Kier alpha value is -1.76. The molecular formula is C14H21NO5S. The molecule has 1 rings (SSSR count). The van der Waals surface area contributed by atoms with Gasteiger partial charge in [0, 0.05) is 6.42 Å². The summed E-state index contributed by atoms with van der Waals surface area (Å²) in [6.45, 7) is 2.49. The smallest absolute Gasteiger partial charge is 0.305 e. The Morgan fingerprint density at radius 3 is 2.67 bits per heavy atom. The van der Waals surface area contributed by atoms with Crippen molar-refractivity contribution in [2.75, 3.05) is 24.2 Å². The zero-order valence-electron chi connectivity index (χ0n) is 12.3. The molecule has 6 nitrogen and oxygen atoms in total. The average Bonchev–Trinajstić information content (AvgIpc) is 2.45. The highest BCUT2D eigenvalue weighted by atomic mass is 32.2. The number of carbonyl (C=O) groups excluding carboxylic acids is 1. The van der Waals surface area contributed by atoms with Crippen LogP contribution in [0.15, 0.2) is 24.3 Å². The lowest BCUT2D eigenvalue weighted by atomic mass is 10.3. The van der Waals surface area contributed by atoms with Gasteiger partial charge < -0.3 is 9.47 Å². The highest BCUT2D eigenvalue weighted by Gasteiger charge is 2.14. The Labute approximate surface area is 125 Å². The Morgan fingerprint density at radius 1 is 1.29 bits per heavy atom. The molecule has 0 unspecified atom stereocenters. The van der Waals surface area contributed by atoms with Gasteiger partial charge in [-0.15, -0.1) is 0 Å². The van der Waals surface area contributed by atoms with Gasteiger partial charge in [0.15, 0.2) is 0 Å². The van der Waals surface area contributed by atoms with Crippen molar-refractivity contribution in [2.45, 2.75) is 26.2 Å². The number of nitrogens with one attached hydrogen (secondary N) is 1. The van der Waals surface area contributed by atoms with E-state index in [9.17, 15) is 13.2 Å². The van der Waals surface area contributed by atoms with Gasteiger partial charge in [-0.3, -0.25) is 9.52 Å². The predicted octanol–water partition coefficient (Wildman–Crippen LogP) is 2.17. The van der Waals surface area contributed by atoms with Gasteiger partial charge in [0.1, 0.15) is 5.75 Å². The number of sulfonamides is 1. The summed E-state index contributed by atoms with van der Waals surface area (Å²) in [6.07, 6.45) is 1.12. The number of ether oxygens (including phenoxy) is 2. The third-order valence-electron chi connectivity index (χ3n) is 2.64. The van der Waals surface area contributed by atoms with E-state index in [-0.39, 0.29) is 18.6 Å². The highest BCUT2D eigenvalue weighted by molar-refractivity contribution is 7.92. The number of methoxy groups -OCH3 is 1. The second kappa shape index (κ2) is 8.51. The quantitative estimate of drug-likeness (QED) is 0.706. The molecule has 0 amide bonds. The van der Waals surface area contributed by atoms with Gasteiger partial charge in [0.05, 0.1) is 25.2 Å². The summed E-state index contributed by atoms with van der Waals surface area (Å²) in [7, 11) is -2.25. The largest absolute Gasteiger partial charge is 0.491 e. The minimum atomic E-state index is -3.52. The normalized spacial score (nSPS) is 11.0. The highest BCUT2D eigenvalue weighted by Crippen LogP contribution is 2.25. The molecule has 0 saturated carbocycles. The van der Waals surface area contributed by atoms with Crippen LogP contribution in [0.25, 0.3) is 0 Å². The van der Waals surface area contributed by atoms with Crippen molar-refractivity contribution in [3.63, 3.8) is 0 Å². The molecule has 0 aromatic heterocycles. The van der Waals surface area contributed by atoms with Crippen LogP contribution in [0.3, 0.4) is 0 Å². The summed E-state index contributed by atoms with van der Waals surface area (Å²) in [5.41, 5.74) is 0.406. The first-order chi connectivity index (χ1) is 9.98. The molecule has 0 saturated heterocycles. The molecule has 21 heavy (non-hydrogen) atoms. The zero-order chi connectivity index (χ0) is 15.7. The maximum Gasteiger partial charge on any atom is 0.305 e. The fraction of sp³-hybridized carbons (Fsp3) is 0.500. The molecule has 0 radical (unpaired) electrons. The molecule has 0 bridgehead atoms. The lowest BCUT2D eigenvalue weighted by Crippen LogP contribution is -2.18. The van der Waals surface area contributed by atoms with Crippen molar-refractivity contribution >= 4 is 21.7 Å². The second-order valence-electron chi connectivity index (χ2n) is 4.45. The molecule has 7 heteroatoms. The molecule has 1 aromatic rings. The SMILES string of the molecule is CCCOc1ccccc1NS(=O)(=O)CCCC(=O)OC. The van der Waals surface area contributed by atoms with Crippen molar-refractivity contribution in [1.82, 2.24) is 0 Å². The molecule has 118 valence electrons. The van der Waals surface area contributed by atoms with E-state index >= 15 is 0 Å². The number of rotatable bonds is 9. The van der Waals surface area contributed by atoms with Crippen molar-refractivity contribution in [2.24, 2.45) is 0 Å². The fourth-order valence-electron chi connectivity index (χ4n) is 1.62. The molecule has 1 aromatic carbocycles. The van der Waals surface area contributed by atoms with Gasteiger partial charge in [0.25, 0.3) is 0 Å². The van der Waals surface area contributed by atoms with Crippen LogP contribution in [0, 0.1) is 0 Å². The van der Waals surface area contributed by atoms with E-state index in [1.807, 2.05) is 6.92 Å². The van der Waals surface area contributed by atoms with E-state index in [1.54, 1.807) is 24.3 Å². The molecule has 0 aliphatic carbocycles. The summed E-state index contributed by atoms with van der Waals surface area (Å²) >= 11 is 0. The van der Waals surface area contributed by atoms with E-state index < -0.39 is 16.0 Å². The maximum absolute atomic E-state index is 12.0. The van der Waals surface area contributed by atoms with Crippen LogP contribution < -0.4 is 9.46 Å². The monoisotopic (exact) mass is 315 g/mol. The van der Waals surface area contributed by atoms with Crippen LogP contribution in [0.1, 0.15) is 26.2 Å². The fourth-order valence-corrected chi connectivity index (χ4v) is 2.75. The van der Waals surface area contributed by atoms with Gasteiger partial charge in [0.2, 0.25) is 10.0 Å². The molecular weight excluding hydrogens is 294 g/mol. The molecule has 1 N–H and O–H groups in total. The average molecular weight is 315 g/mol. The Morgan fingerprint density at radius 2 is 2.00 bits per heavy atom. The zero-order valence-corrected chi connectivity index (χ0v) is 13.1. The van der Waals surface area contributed by atoms with Gasteiger partial charge in [-0.05, 0) is 25.0 Å². The molecule has 0 fully saturated rings. The molecule has 0 atom stereocenters.